The van der Waals surface area contributed by atoms with E-state index in [1.54, 1.807) is 0 Å². The van der Waals surface area contributed by atoms with E-state index < -0.39 is 24.0 Å². The highest BCUT2D eigenvalue weighted by molar-refractivity contribution is 5.10. The Kier molecular flexibility index (Phi) is 4.98. The zero-order valence-electron chi connectivity index (χ0n) is 11.7. The number of nitrogens with two attached hydrogens (primary N) is 1. The maximum Gasteiger partial charge on any atom is 0.261 e. The Morgan fingerprint density at radius 1 is 1.32 bits per heavy atom. The summed E-state index contributed by atoms with van der Waals surface area (Å²) >= 11 is 0. The maximum atomic E-state index is 11.9. The Hall–Kier alpha value is -1.08. The first-order valence-corrected chi connectivity index (χ1v) is 6.12. The molecule has 1 aromatic heterocycles. The lowest BCUT2D eigenvalue weighted by molar-refractivity contribution is 0.0182. The van der Waals surface area contributed by atoms with E-state index in [9.17, 15) is 8.78 Å². The number of ether oxygens (including phenoxy) is 1. The van der Waals surface area contributed by atoms with Gasteiger partial charge < -0.3 is 15.0 Å². The van der Waals surface area contributed by atoms with Gasteiger partial charge in [-0.05, 0) is 27.7 Å². The van der Waals surface area contributed by atoms with Crippen molar-refractivity contribution in [3.63, 3.8) is 0 Å². The molecule has 0 aliphatic carbocycles. The molecule has 0 radical (unpaired) electrons. The maximum absolute atomic E-state index is 11.9. The van der Waals surface area contributed by atoms with Crippen LogP contribution < -0.4 is 5.73 Å². The molecule has 1 aromatic rings. The molecule has 0 unspecified atom stereocenters. The Morgan fingerprint density at radius 3 is 2.47 bits per heavy atom. The first kappa shape index (κ1) is 16.0. The van der Waals surface area contributed by atoms with Crippen molar-refractivity contribution in [1.82, 2.24) is 10.1 Å². The molecule has 1 rings (SSSR count). The van der Waals surface area contributed by atoms with Crippen molar-refractivity contribution in [2.75, 3.05) is 13.2 Å². The van der Waals surface area contributed by atoms with Crippen LogP contribution in [0.1, 0.15) is 39.4 Å². The van der Waals surface area contributed by atoms with Crippen LogP contribution in [0.15, 0.2) is 4.52 Å². The molecule has 0 atom stereocenters. The van der Waals surface area contributed by atoms with Crippen molar-refractivity contribution >= 4 is 0 Å². The molecule has 110 valence electrons. The van der Waals surface area contributed by atoms with Crippen molar-refractivity contribution in [2.24, 2.45) is 5.73 Å². The van der Waals surface area contributed by atoms with E-state index in [1.807, 2.05) is 27.7 Å². The van der Waals surface area contributed by atoms with Gasteiger partial charge in [-0.1, -0.05) is 5.16 Å². The van der Waals surface area contributed by atoms with Crippen LogP contribution >= 0.6 is 0 Å². The zero-order chi connectivity index (χ0) is 14.7. The lowest BCUT2D eigenvalue weighted by Crippen LogP contribution is -2.50. The molecule has 7 heteroatoms. The van der Waals surface area contributed by atoms with Gasteiger partial charge in [0.15, 0.2) is 5.82 Å². The molecule has 0 bridgehead atoms. The summed E-state index contributed by atoms with van der Waals surface area (Å²) in [6.07, 6.45) is -2.13. The summed E-state index contributed by atoms with van der Waals surface area (Å²) in [4.78, 5) is 4.24. The van der Waals surface area contributed by atoms with E-state index in [-0.39, 0.29) is 6.61 Å². The zero-order valence-corrected chi connectivity index (χ0v) is 11.7. The van der Waals surface area contributed by atoms with E-state index >= 15 is 0 Å². The Labute approximate surface area is 111 Å². The summed E-state index contributed by atoms with van der Waals surface area (Å²) in [5, 5.41) is 3.80. The fourth-order valence-electron chi connectivity index (χ4n) is 1.22. The third kappa shape index (κ3) is 4.21. The van der Waals surface area contributed by atoms with E-state index in [1.165, 1.54) is 0 Å². The lowest BCUT2D eigenvalue weighted by Gasteiger charge is -2.34. The molecule has 2 N–H and O–H groups in total. The summed E-state index contributed by atoms with van der Waals surface area (Å²) < 4.78 is 33.7. The van der Waals surface area contributed by atoms with E-state index in [0.717, 1.165) is 0 Å². The van der Waals surface area contributed by atoms with Crippen LogP contribution in [0, 0.1) is 0 Å². The monoisotopic (exact) mass is 277 g/mol. The van der Waals surface area contributed by atoms with Gasteiger partial charge in [-0.2, -0.15) is 4.98 Å². The number of hydrogen-bond donors (Lipinski definition) is 1. The molecule has 0 saturated heterocycles. The van der Waals surface area contributed by atoms with Crippen LogP contribution in [-0.2, 0) is 16.6 Å². The molecule has 0 spiro atoms. The molecule has 0 amide bonds. The first-order valence-electron chi connectivity index (χ1n) is 6.12. The minimum absolute atomic E-state index is 0.135. The third-order valence-corrected chi connectivity index (χ3v) is 3.33. The van der Waals surface area contributed by atoms with Gasteiger partial charge in [-0.3, -0.25) is 0 Å². The van der Waals surface area contributed by atoms with Gasteiger partial charge in [-0.15, -0.1) is 0 Å². The second-order valence-corrected chi connectivity index (χ2v) is 5.58. The van der Waals surface area contributed by atoms with Crippen molar-refractivity contribution in [3.05, 3.63) is 11.7 Å². The number of alkyl halides is 2. The number of hydrogen-bond acceptors (Lipinski definition) is 5. The highest BCUT2D eigenvalue weighted by Crippen LogP contribution is 2.31. The van der Waals surface area contributed by atoms with Crippen LogP contribution in [0.3, 0.4) is 0 Å². The van der Waals surface area contributed by atoms with Crippen LogP contribution in [0.25, 0.3) is 0 Å². The smallest absolute Gasteiger partial charge is 0.261 e. The molecular formula is C12H21F2N3O2. The fourth-order valence-corrected chi connectivity index (χ4v) is 1.22. The van der Waals surface area contributed by atoms with Crippen molar-refractivity contribution in [3.8, 4) is 0 Å². The van der Waals surface area contributed by atoms with Crippen LogP contribution in [0.2, 0.25) is 0 Å². The van der Waals surface area contributed by atoms with Gasteiger partial charge in [0.1, 0.15) is 6.61 Å². The lowest BCUT2D eigenvalue weighted by atomic mass is 9.75. The van der Waals surface area contributed by atoms with Gasteiger partial charge in [-0.25, -0.2) is 8.78 Å². The Morgan fingerprint density at radius 2 is 1.95 bits per heavy atom. The number of rotatable bonds is 7. The number of nitrogens with zero attached hydrogens (tertiary/aromatic N) is 2. The fraction of sp³-hybridized carbons (Fsp3) is 0.833. The molecule has 0 saturated carbocycles. The minimum atomic E-state index is -2.46. The normalized spacial score (nSPS) is 13.3. The van der Waals surface area contributed by atoms with Crippen molar-refractivity contribution < 1.29 is 18.0 Å². The number of aromatic nitrogens is 2. The van der Waals surface area contributed by atoms with Crippen LogP contribution in [0.5, 0.6) is 0 Å². The largest absolute Gasteiger partial charge is 0.375 e. The van der Waals surface area contributed by atoms with Gasteiger partial charge in [0, 0.05) is 12.0 Å². The minimum Gasteiger partial charge on any atom is -0.375 e. The van der Waals surface area contributed by atoms with Crippen molar-refractivity contribution in [2.45, 2.75) is 51.5 Å². The first-order chi connectivity index (χ1) is 8.64. The summed E-state index contributed by atoms with van der Waals surface area (Å²) in [7, 11) is 0. The van der Waals surface area contributed by atoms with Gasteiger partial charge in [0.25, 0.3) is 6.43 Å². The molecule has 0 aliphatic heterocycles. The molecule has 1 heterocycles. The molecule has 0 aliphatic rings. The average molecular weight is 277 g/mol. The quantitative estimate of drug-likeness (QED) is 0.771. The summed E-state index contributed by atoms with van der Waals surface area (Å²) in [6, 6.07) is 0. The predicted octanol–water partition coefficient (Wildman–Crippen LogP) is 1.91. The highest BCUT2D eigenvalue weighted by Gasteiger charge is 2.40. The van der Waals surface area contributed by atoms with Gasteiger partial charge in [0.05, 0.1) is 12.0 Å². The summed E-state index contributed by atoms with van der Waals surface area (Å²) in [5.41, 5.74) is 5.06. The highest BCUT2D eigenvalue weighted by atomic mass is 19.3. The Bertz CT molecular complexity index is 400. The SMILES string of the molecule is CC(C)(N)C(C)(C)c1nc(CCOCC(F)F)no1. The van der Waals surface area contributed by atoms with E-state index in [0.29, 0.717) is 18.1 Å². The number of halogens is 2. The van der Waals surface area contributed by atoms with Crippen LogP contribution in [-0.4, -0.2) is 35.3 Å². The summed E-state index contributed by atoms with van der Waals surface area (Å²) in [6.45, 7) is 7.14. The third-order valence-electron chi connectivity index (χ3n) is 3.33. The topological polar surface area (TPSA) is 74.2 Å². The molecule has 5 nitrogen and oxygen atoms in total. The standard InChI is InChI=1S/C12H21F2N3O2/c1-11(2,12(3,4)15)10-16-9(17-19-10)5-6-18-7-8(13)14/h8H,5-7,15H2,1-4H3. The van der Waals surface area contributed by atoms with Gasteiger partial charge >= 0.3 is 0 Å². The predicted molar refractivity (Wildman–Crippen MR) is 66.1 cm³/mol. The molecule has 19 heavy (non-hydrogen) atoms. The van der Waals surface area contributed by atoms with Crippen molar-refractivity contribution in [1.29, 1.82) is 0 Å². The average Bonchev–Trinajstić information content (AvgIpc) is 2.71. The molecular weight excluding hydrogens is 256 g/mol. The van der Waals surface area contributed by atoms with E-state index in [4.69, 9.17) is 15.0 Å². The summed E-state index contributed by atoms with van der Waals surface area (Å²) in [5.74, 6) is 0.866. The molecule has 0 fully saturated rings. The van der Waals surface area contributed by atoms with E-state index in [2.05, 4.69) is 10.1 Å². The second-order valence-electron chi connectivity index (χ2n) is 5.58. The second kappa shape index (κ2) is 5.92. The Balaban J connectivity index is 2.58. The molecule has 0 aromatic carbocycles. The van der Waals surface area contributed by atoms with Gasteiger partial charge in [0.2, 0.25) is 5.89 Å². The van der Waals surface area contributed by atoms with Crippen LogP contribution in [0.4, 0.5) is 8.78 Å².